The van der Waals surface area contributed by atoms with E-state index in [9.17, 15) is 5.11 Å². The van der Waals surface area contributed by atoms with Gasteiger partial charge in [-0.05, 0) is 31.4 Å². The van der Waals surface area contributed by atoms with Crippen LogP contribution in [0.4, 0.5) is 0 Å². The van der Waals surface area contributed by atoms with E-state index in [1.54, 1.807) is 13.2 Å². The minimum absolute atomic E-state index is 0.169. The maximum absolute atomic E-state index is 9.91. The first-order valence-electron chi connectivity index (χ1n) is 5.10. The average molecular weight is 229 g/mol. The number of aliphatic hydroxyl groups excluding tert-OH is 1. The largest absolute Gasteiger partial charge is 0.388 e. The first kappa shape index (κ1) is 12.5. The lowest BCUT2D eigenvalue weighted by atomic mass is 10.0. The second-order valence-corrected chi connectivity index (χ2v) is 4.07. The summed E-state index contributed by atoms with van der Waals surface area (Å²) in [6, 6.07) is 7.38. The SMILES string of the molecule is COC(C)CCC(O)c1ccccc1Cl. The Morgan fingerprint density at radius 1 is 1.33 bits per heavy atom. The number of halogens is 1. The van der Waals surface area contributed by atoms with Gasteiger partial charge in [0.1, 0.15) is 0 Å². The van der Waals surface area contributed by atoms with Crippen LogP contribution in [-0.2, 0) is 4.74 Å². The highest BCUT2D eigenvalue weighted by molar-refractivity contribution is 6.31. The van der Waals surface area contributed by atoms with E-state index in [1.807, 2.05) is 25.1 Å². The summed E-state index contributed by atoms with van der Waals surface area (Å²) in [5, 5.41) is 10.5. The predicted octanol–water partition coefficient (Wildman–Crippen LogP) is 3.19. The Bertz CT molecular complexity index is 301. The minimum Gasteiger partial charge on any atom is -0.388 e. The van der Waals surface area contributed by atoms with E-state index < -0.39 is 6.10 Å². The zero-order chi connectivity index (χ0) is 11.3. The van der Waals surface area contributed by atoms with E-state index in [2.05, 4.69) is 0 Å². The Morgan fingerprint density at radius 2 is 2.00 bits per heavy atom. The van der Waals surface area contributed by atoms with Crippen LogP contribution in [0.25, 0.3) is 0 Å². The van der Waals surface area contributed by atoms with Crippen molar-refractivity contribution in [3.63, 3.8) is 0 Å². The molecular weight excluding hydrogens is 212 g/mol. The van der Waals surface area contributed by atoms with E-state index in [0.29, 0.717) is 11.4 Å². The molecule has 15 heavy (non-hydrogen) atoms. The molecule has 0 saturated carbocycles. The lowest BCUT2D eigenvalue weighted by molar-refractivity contribution is 0.0851. The van der Waals surface area contributed by atoms with Gasteiger partial charge in [-0.1, -0.05) is 29.8 Å². The lowest BCUT2D eigenvalue weighted by Gasteiger charge is -2.15. The fraction of sp³-hybridized carbons (Fsp3) is 0.500. The highest BCUT2D eigenvalue weighted by Gasteiger charge is 2.12. The molecular formula is C12H17ClO2. The Hall–Kier alpha value is -0.570. The summed E-state index contributed by atoms with van der Waals surface area (Å²) >= 11 is 5.98. The molecule has 0 spiro atoms. The topological polar surface area (TPSA) is 29.5 Å². The molecule has 1 aromatic rings. The highest BCUT2D eigenvalue weighted by atomic mass is 35.5. The number of benzene rings is 1. The first-order chi connectivity index (χ1) is 7.15. The van der Waals surface area contributed by atoms with Gasteiger partial charge in [-0.25, -0.2) is 0 Å². The monoisotopic (exact) mass is 228 g/mol. The molecule has 84 valence electrons. The van der Waals surface area contributed by atoms with Crippen LogP contribution in [0.15, 0.2) is 24.3 Å². The number of ether oxygens (including phenoxy) is 1. The number of aliphatic hydroxyl groups is 1. The van der Waals surface area contributed by atoms with Crippen molar-refractivity contribution < 1.29 is 9.84 Å². The van der Waals surface area contributed by atoms with Crippen molar-refractivity contribution in [1.29, 1.82) is 0 Å². The summed E-state index contributed by atoms with van der Waals surface area (Å²) in [5.74, 6) is 0. The molecule has 1 rings (SSSR count). The summed E-state index contributed by atoms with van der Waals surface area (Å²) in [5.41, 5.74) is 0.794. The molecule has 0 saturated heterocycles. The molecule has 2 unspecified atom stereocenters. The molecule has 1 N–H and O–H groups in total. The third-order valence-corrected chi connectivity index (χ3v) is 2.86. The second-order valence-electron chi connectivity index (χ2n) is 3.66. The van der Waals surface area contributed by atoms with Crippen LogP contribution < -0.4 is 0 Å². The van der Waals surface area contributed by atoms with Gasteiger partial charge >= 0.3 is 0 Å². The highest BCUT2D eigenvalue weighted by Crippen LogP contribution is 2.26. The van der Waals surface area contributed by atoms with Crippen molar-refractivity contribution in [3.05, 3.63) is 34.9 Å². The molecule has 0 radical (unpaired) electrons. The zero-order valence-electron chi connectivity index (χ0n) is 9.11. The van der Waals surface area contributed by atoms with Gasteiger partial charge < -0.3 is 9.84 Å². The van der Waals surface area contributed by atoms with Crippen LogP contribution >= 0.6 is 11.6 Å². The number of rotatable bonds is 5. The molecule has 2 nitrogen and oxygen atoms in total. The third kappa shape index (κ3) is 3.82. The molecule has 0 aliphatic heterocycles. The van der Waals surface area contributed by atoms with Gasteiger partial charge in [-0.15, -0.1) is 0 Å². The summed E-state index contributed by atoms with van der Waals surface area (Å²) in [4.78, 5) is 0. The maximum Gasteiger partial charge on any atom is 0.0805 e. The van der Waals surface area contributed by atoms with Crippen molar-refractivity contribution in [2.45, 2.75) is 32.0 Å². The number of hydrogen-bond acceptors (Lipinski definition) is 2. The lowest BCUT2D eigenvalue weighted by Crippen LogP contribution is -2.08. The van der Waals surface area contributed by atoms with Gasteiger partial charge in [-0.2, -0.15) is 0 Å². The Morgan fingerprint density at radius 3 is 2.60 bits per heavy atom. The fourth-order valence-electron chi connectivity index (χ4n) is 1.41. The molecule has 0 aliphatic carbocycles. The van der Waals surface area contributed by atoms with Crippen LogP contribution in [0.1, 0.15) is 31.4 Å². The predicted molar refractivity (Wildman–Crippen MR) is 62.1 cm³/mol. The van der Waals surface area contributed by atoms with Crippen LogP contribution in [0.3, 0.4) is 0 Å². The van der Waals surface area contributed by atoms with Crippen LogP contribution in [-0.4, -0.2) is 18.3 Å². The van der Waals surface area contributed by atoms with Crippen LogP contribution in [0, 0.1) is 0 Å². The quantitative estimate of drug-likeness (QED) is 0.839. The van der Waals surface area contributed by atoms with Crippen molar-refractivity contribution in [2.24, 2.45) is 0 Å². The second kappa shape index (κ2) is 6.11. The molecule has 3 heteroatoms. The van der Waals surface area contributed by atoms with Gasteiger partial charge in [0.15, 0.2) is 0 Å². The average Bonchev–Trinajstić information content (AvgIpc) is 2.26. The molecule has 2 atom stereocenters. The Labute approximate surface area is 95.8 Å². The zero-order valence-corrected chi connectivity index (χ0v) is 9.87. The minimum atomic E-state index is -0.503. The van der Waals surface area contributed by atoms with Crippen molar-refractivity contribution in [2.75, 3.05) is 7.11 Å². The van der Waals surface area contributed by atoms with Gasteiger partial charge in [-0.3, -0.25) is 0 Å². The maximum atomic E-state index is 9.91. The van der Waals surface area contributed by atoms with Crippen molar-refractivity contribution in [3.8, 4) is 0 Å². The first-order valence-corrected chi connectivity index (χ1v) is 5.48. The van der Waals surface area contributed by atoms with E-state index in [1.165, 1.54) is 0 Å². The van der Waals surface area contributed by atoms with Gasteiger partial charge in [0, 0.05) is 12.1 Å². The molecule has 0 aliphatic rings. The summed E-state index contributed by atoms with van der Waals surface area (Å²) in [6.45, 7) is 1.99. The van der Waals surface area contributed by atoms with Gasteiger partial charge in [0.25, 0.3) is 0 Å². The summed E-state index contributed by atoms with van der Waals surface area (Å²) in [6.07, 6.45) is 1.15. The molecule has 1 aromatic carbocycles. The standard InChI is InChI=1S/C12H17ClO2/c1-9(15-2)7-8-12(14)10-5-3-4-6-11(10)13/h3-6,9,12,14H,7-8H2,1-2H3. The molecule has 0 bridgehead atoms. The third-order valence-electron chi connectivity index (χ3n) is 2.51. The Balaban J connectivity index is 2.54. The molecule has 0 fully saturated rings. The van der Waals surface area contributed by atoms with E-state index in [4.69, 9.17) is 16.3 Å². The smallest absolute Gasteiger partial charge is 0.0805 e. The van der Waals surface area contributed by atoms with Crippen LogP contribution in [0.5, 0.6) is 0 Å². The van der Waals surface area contributed by atoms with E-state index in [0.717, 1.165) is 12.0 Å². The normalized spacial score (nSPS) is 14.9. The van der Waals surface area contributed by atoms with E-state index >= 15 is 0 Å². The van der Waals surface area contributed by atoms with E-state index in [-0.39, 0.29) is 6.10 Å². The molecule has 0 amide bonds. The Kier molecular flexibility index (Phi) is 5.09. The summed E-state index contributed by atoms with van der Waals surface area (Å²) < 4.78 is 5.12. The van der Waals surface area contributed by atoms with Crippen molar-refractivity contribution >= 4 is 11.6 Å². The van der Waals surface area contributed by atoms with Crippen molar-refractivity contribution in [1.82, 2.24) is 0 Å². The van der Waals surface area contributed by atoms with Crippen LogP contribution in [0.2, 0.25) is 5.02 Å². The van der Waals surface area contributed by atoms with Gasteiger partial charge in [0.2, 0.25) is 0 Å². The van der Waals surface area contributed by atoms with Gasteiger partial charge in [0.05, 0.1) is 12.2 Å². The molecule has 0 heterocycles. The fourth-order valence-corrected chi connectivity index (χ4v) is 1.67. The number of methoxy groups -OCH3 is 1. The summed E-state index contributed by atoms with van der Waals surface area (Å²) in [7, 11) is 1.67. The molecule has 0 aromatic heterocycles. The number of hydrogen-bond donors (Lipinski definition) is 1.